The predicted octanol–water partition coefficient (Wildman–Crippen LogP) is 0.418. The monoisotopic (exact) mass is 208 g/mol. The molecular formula is C10H12N2O3. The van der Waals surface area contributed by atoms with E-state index in [2.05, 4.69) is 10.5 Å². The number of carbonyl (C=O) groups excluding carboxylic acids is 1. The Kier molecular flexibility index (Phi) is 3.26. The van der Waals surface area contributed by atoms with Crippen molar-refractivity contribution < 1.29 is 14.4 Å². The Labute approximate surface area is 87.4 Å². The molecule has 0 spiro atoms. The van der Waals surface area contributed by atoms with Crippen LogP contribution < -0.4 is 5.48 Å². The highest BCUT2D eigenvalue weighted by Gasteiger charge is 2.26. The average Bonchev–Trinajstić information content (AvgIpc) is 2.16. The first-order valence-electron chi connectivity index (χ1n) is 4.79. The zero-order valence-electron chi connectivity index (χ0n) is 8.18. The quantitative estimate of drug-likeness (QED) is 0.728. The Balaban J connectivity index is 1.68. The summed E-state index contributed by atoms with van der Waals surface area (Å²) in [5.74, 6) is -0.225. The average molecular weight is 208 g/mol. The first-order valence-corrected chi connectivity index (χ1v) is 4.79. The van der Waals surface area contributed by atoms with Gasteiger partial charge in [-0.2, -0.15) is 0 Å². The third kappa shape index (κ3) is 2.74. The zero-order chi connectivity index (χ0) is 10.5. The van der Waals surface area contributed by atoms with Crippen LogP contribution in [0.2, 0.25) is 0 Å². The highest BCUT2D eigenvalue weighted by Crippen LogP contribution is 2.10. The van der Waals surface area contributed by atoms with Crippen LogP contribution in [0.5, 0.6) is 0 Å². The number of carbonyl (C=O) groups is 1. The van der Waals surface area contributed by atoms with Crippen molar-refractivity contribution >= 4 is 5.91 Å². The van der Waals surface area contributed by atoms with Crippen LogP contribution in [0.3, 0.4) is 0 Å². The highest BCUT2D eigenvalue weighted by molar-refractivity contribution is 5.80. The van der Waals surface area contributed by atoms with Gasteiger partial charge in [0.1, 0.15) is 12.7 Å². The van der Waals surface area contributed by atoms with E-state index in [1.807, 2.05) is 18.2 Å². The normalized spacial score (nSPS) is 19.3. The molecule has 1 unspecified atom stereocenters. The minimum atomic E-state index is -0.339. The molecule has 1 fully saturated rings. The van der Waals surface area contributed by atoms with E-state index < -0.39 is 0 Å². The molecule has 80 valence electrons. The summed E-state index contributed by atoms with van der Waals surface area (Å²) in [5.41, 5.74) is 3.10. The second kappa shape index (κ2) is 4.86. The van der Waals surface area contributed by atoms with Gasteiger partial charge in [-0.15, -0.1) is 0 Å². The van der Waals surface area contributed by atoms with Crippen molar-refractivity contribution in [3.05, 3.63) is 30.1 Å². The summed E-state index contributed by atoms with van der Waals surface area (Å²) >= 11 is 0. The van der Waals surface area contributed by atoms with E-state index in [0.29, 0.717) is 6.61 Å². The maximum absolute atomic E-state index is 11.2. The Morgan fingerprint density at radius 3 is 3.13 bits per heavy atom. The fraction of sp³-hybridized carbons (Fsp3) is 0.400. The molecule has 1 saturated heterocycles. The van der Waals surface area contributed by atoms with Crippen molar-refractivity contribution in [2.45, 2.75) is 19.1 Å². The Bertz CT molecular complexity index is 325. The highest BCUT2D eigenvalue weighted by atomic mass is 16.7. The van der Waals surface area contributed by atoms with Crippen LogP contribution in [-0.4, -0.2) is 23.6 Å². The molecular weight excluding hydrogens is 196 g/mol. The number of hydrogen-bond acceptors (Lipinski definition) is 4. The predicted molar refractivity (Wildman–Crippen MR) is 51.5 cm³/mol. The molecule has 0 radical (unpaired) electrons. The van der Waals surface area contributed by atoms with E-state index in [1.54, 1.807) is 6.20 Å². The van der Waals surface area contributed by atoms with Gasteiger partial charge < -0.3 is 4.74 Å². The second-order valence-electron chi connectivity index (χ2n) is 3.22. The van der Waals surface area contributed by atoms with Crippen LogP contribution in [-0.2, 0) is 21.0 Å². The van der Waals surface area contributed by atoms with E-state index in [1.165, 1.54) is 0 Å². The molecule has 5 heteroatoms. The Morgan fingerprint density at radius 1 is 1.67 bits per heavy atom. The van der Waals surface area contributed by atoms with Gasteiger partial charge in [0.05, 0.1) is 12.3 Å². The summed E-state index contributed by atoms with van der Waals surface area (Å²) in [6.45, 7) is 0.914. The maximum Gasteiger partial charge on any atom is 0.272 e. The van der Waals surface area contributed by atoms with E-state index in [0.717, 1.165) is 12.1 Å². The number of nitrogens with one attached hydrogen (secondary N) is 1. The van der Waals surface area contributed by atoms with Crippen LogP contribution in [0.25, 0.3) is 0 Å². The summed E-state index contributed by atoms with van der Waals surface area (Å²) < 4.78 is 4.99. The summed E-state index contributed by atoms with van der Waals surface area (Å²) in [5, 5.41) is 0. The van der Waals surface area contributed by atoms with Crippen LogP contribution in [0.4, 0.5) is 0 Å². The lowest BCUT2D eigenvalue weighted by atomic mass is 10.2. The fourth-order valence-corrected chi connectivity index (χ4v) is 1.17. The van der Waals surface area contributed by atoms with Gasteiger partial charge in [-0.05, 0) is 12.1 Å². The van der Waals surface area contributed by atoms with Crippen LogP contribution in [0.1, 0.15) is 12.1 Å². The molecule has 1 aromatic heterocycles. The van der Waals surface area contributed by atoms with Gasteiger partial charge in [-0.3, -0.25) is 14.6 Å². The molecule has 5 nitrogen and oxygen atoms in total. The SMILES string of the molecule is O=C(NOCc1ccccn1)C1CCO1. The summed E-state index contributed by atoms with van der Waals surface area (Å²) in [7, 11) is 0. The van der Waals surface area contributed by atoms with Gasteiger partial charge in [0.15, 0.2) is 0 Å². The molecule has 1 N–H and O–H groups in total. The summed E-state index contributed by atoms with van der Waals surface area (Å²) in [6.07, 6.45) is 2.10. The van der Waals surface area contributed by atoms with Gasteiger partial charge >= 0.3 is 0 Å². The number of pyridine rings is 1. The smallest absolute Gasteiger partial charge is 0.272 e. The molecule has 0 aliphatic carbocycles. The van der Waals surface area contributed by atoms with Gasteiger partial charge in [-0.1, -0.05) is 6.07 Å². The third-order valence-corrected chi connectivity index (χ3v) is 2.11. The first-order chi connectivity index (χ1) is 7.36. The van der Waals surface area contributed by atoms with Crippen molar-refractivity contribution in [1.82, 2.24) is 10.5 Å². The number of amides is 1. The fourth-order valence-electron chi connectivity index (χ4n) is 1.17. The third-order valence-electron chi connectivity index (χ3n) is 2.11. The molecule has 0 bridgehead atoms. The van der Waals surface area contributed by atoms with E-state index in [-0.39, 0.29) is 18.6 Å². The lowest BCUT2D eigenvalue weighted by Gasteiger charge is -2.24. The minimum Gasteiger partial charge on any atom is -0.368 e. The van der Waals surface area contributed by atoms with Crippen molar-refractivity contribution in [2.24, 2.45) is 0 Å². The largest absolute Gasteiger partial charge is 0.368 e. The number of rotatable bonds is 4. The van der Waals surface area contributed by atoms with Crippen LogP contribution in [0, 0.1) is 0 Å². The molecule has 0 aromatic carbocycles. The topological polar surface area (TPSA) is 60.5 Å². The van der Waals surface area contributed by atoms with Gasteiger partial charge in [0.25, 0.3) is 5.91 Å². The van der Waals surface area contributed by atoms with Crippen molar-refractivity contribution in [2.75, 3.05) is 6.61 Å². The summed E-state index contributed by atoms with van der Waals surface area (Å²) in [6, 6.07) is 5.51. The lowest BCUT2D eigenvalue weighted by Crippen LogP contribution is -2.42. The lowest BCUT2D eigenvalue weighted by molar-refractivity contribution is -0.158. The molecule has 1 aromatic rings. The zero-order valence-corrected chi connectivity index (χ0v) is 8.18. The maximum atomic E-state index is 11.2. The van der Waals surface area contributed by atoms with Crippen molar-refractivity contribution in [3.8, 4) is 0 Å². The second-order valence-corrected chi connectivity index (χ2v) is 3.22. The van der Waals surface area contributed by atoms with E-state index >= 15 is 0 Å². The summed E-state index contributed by atoms with van der Waals surface area (Å²) in [4.78, 5) is 20.3. The number of aromatic nitrogens is 1. The van der Waals surface area contributed by atoms with Crippen LogP contribution >= 0.6 is 0 Å². The standard InChI is InChI=1S/C10H12N2O3/c13-10(9-4-6-14-9)12-15-7-8-3-1-2-5-11-8/h1-3,5,9H,4,6-7H2,(H,12,13). The first kappa shape index (κ1) is 10.1. The van der Waals surface area contributed by atoms with Crippen molar-refractivity contribution in [3.63, 3.8) is 0 Å². The van der Waals surface area contributed by atoms with Crippen LogP contribution in [0.15, 0.2) is 24.4 Å². The number of hydrogen-bond donors (Lipinski definition) is 1. The van der Waals surface area contributed by atoms with E-state index in [9.17, 15) is 4.79 Å². The van der Waals surface area contributed by atoms with Gasteiger partial charge in [-0.25, -0.2) is 5.48 Å². The Morgan fingerprint density at radius 2 is 2.53 bits per heavy atom. The van der Waals surface area contributed by atoms with Gasteiger partial charge in [0, 0.05) is 12.6 Å². The van der Waals surface area contributed by atoms with Gasteiger partial charge in [0.2, 0.25) is 0 Å². The minimum absolute atomic E-state index is 0.225. The number of nitrogens with zero attached hydrogens (tertiary/aromatic N) is 1. The molecule has 1 amide bonds. The molecule has 2 rings (SSSR count). The molecule has 1 atom stereocenters. The number of ether oxygens (including phenoxy) is 1. The van der Waals surface area contributed by atoms with E-state index in [4.69, 9.17) is 9.57 Å². The molecule has 1 aliphatic rings. The number of hydroxylamine groups is 1. The molecule has 15 heavy (non-hydrogen) atoms. The van der Waals surface area contributed by atoms with Crippen molar-refractivity contribution in [1.29, 1.82) is 0 Å². The molecule has 1 aliphatic heterocycles. The Hall–Kier alpha value is -1.46. The molecule has 2 heterocycles. The molecule has 0 saturated carbocycles.